The molecule has 1 aliphatic rings. The van der Waals surface area contributed by atoms with Gasteiger partial charge in [0.25, 0.3) is 0 Å². The number of nitrogens with one attached hydrogen (secondary N) is 1. The molecule has 3 aromatic rings. The zero-order valence-corrected chi connectivity index (χ0v) is 26.3. The van der Waals surface area contributed by atoms with E-state index in [1.807, 2.05) is 78.6 Å². The van der Waals surface area contributed by atoms with Gasteiger partial charge in [-0.2, -0.15) is 0 Å². The van der Waals surface area contributed by atoms with Crippen LogP contribution >= 0.6 is 0 Å². The molecule has 2 N–H and O–H groups in total. The number of methoxy groups -OCH3 is 1. The van der Waals surface area contributed by atoms with E-state index < -0.39 is 16.9 Å². The number of carboxylic acids is 1. The SMILES string of the molecule is C=CCN(CC(C)(C(=O)NC1CCN(Cc2cccc(Oc3ccccc3OC)c2)CC1)c1ccccc1)C(C)(C)C(=O)O. The third kappa shape index (κ3) is 7.87. The van der Waals surface area contributed by atoms with Gasteiger partial charge in [-0.3, -0.25) is 19.4 Å². The van der Waals surface area contributed by atoms with Crippen molar-refractivity contribution in [3.8, 4) is 17.2 Å². The maximum Gasteiger partial charge on any atom is 0.323 e. The zero-order valence-electron chi connectivity index (χ0n) is 26.3. The lowest BCUT2D eigenvalue weighted by atomic mass is 9.79. The molecule has 3 aromatic carbocycles. The molecule has 234 valence electrons. The van der Waals surface area contributed by atoms with Crippen LogP contribution in [0.2, 0.25) is 0 Å². The summed E-state index contributed by atoms with van der Waals surface area (Å²) in [5.74, 6) is 1.07. The Kier molecular flexibility index (Phi) is 10.8. The molecule has 1 atom stereocenters. The Balaban J connectivity index is 1.40. The molecule has 0 aliphatic carbocycles. The van der Waals surface area contributed by atoms with Gasteiger partial charge in [0.05, 0.1) is 12.5 Å². The van der Waals surface area contributed by atoms with Crippen molar-refractivity contribution in [3.05, 3.63) is 103 Å². The minimum absolute atomic E-state index is 0.0299. The van der Waals surface area contributed by atoms with Gasteiger partial charge < -0.3 is 19.9 Å². The molecule has 0 bridgehead atoms. The number of carboxylic acid groups (broad SMARTS) is 1. The molecule has 1 aliphatic heterocycles. The van der Waals surface area contributed by atoms with Gasteiger partial charge in [-0.1, -0.05) is 60.7 Å². The average Bonchev–Trinajstić information content (AvgIpc) is 3.02. The van der Waals surface area contributed by atoms with Crippen molar-refractivity contribution < 1.29 is 24.2 Å². The maximum absolute atomic E-state index is 14.0. The summed E-state index contributed by atoms with van der Waals surface area (Å²) in [6.07, 6.45) is 3.33. The minimum atomic E-state index is -1.18. The maximum atomic E-state index is 14.0. The predicted molar refractivity (Wildman–Crippen MR) is 173 cm³/mol. The van der Waals surface area contributed by atoms with E-state index in [4.69, 9.17) is 9.47 Å². The highest BCUT2D eigenvalue weighted by molar-refractivity contribution is 5.88. The van der Waals surface area contributed by atoms with E-state index in [2.05, 4.69) is 28.9 Å². The standard InChI is InChI=1S/C36H45N3O5/c1-6-21-39(35(2,3)34(41)42)26-36(4,28-14-8-7-9-15-28)33(40)37-29-19-22-38(23-20-29)25-27-13-12-16-30(24-27)44-32-18-11-10-17-31(32)43-5/h6-18,24,29H,1,19-23,25-26H2,2-5H3,(H,37,40)(H,41,42). The molecule has 1 saturated heterocycles. The molecule has 1 amide bonds. The van der Waals surface area contributed by atoms with Crippen LogP contribution in [0, 0.1) is 0 Å². The highest BCUT2D eigenvalue weighted by Crippen LogP contribution is 2.32. The normalized spacial score (nSPS) is 15.8. The van der Waals surface area contributed by atoms with Gasteiger partial charge in [-0.25, -0.2) is 0 Å². The van der Waals surface area contributed by atoms with Gasteiger partial charge in [-0.05, 0) is 69.0 Å². The number of amides is 1. The van der Waals surface area contributed by atoms with Crippen LogP contribution in [0.15, 0.2) is 91.5 Å². The van der Waals surface area contributed by atoms with Crippen LogP contribution in [0.4, 0.5) is 0 Å². The van der Waals surface area contributed by atoms with E-state index in [0.29, 0.717) is 18.0 Å². The molecule has 4 rings (SSSR count). The Morgan fingerprint density at radius 1 is 1.00 bits per heavy atom. The molecular weight excluding hydrogens is 554 g/mol. The predicted octanol–water partition coefficient (Wildman–Crippen LogP) is 5.88. The lowest BCUT2D eigenvalue weighted by Crippen LogP contribution is -2.59. The Morgan fingerprint density at radius 3 is 2.30 bits per heavy atom. The van der Waals surface area contributed by atoms with E-state index in [1.54, 1.807) is 27.0 Å². The molecule has 8 nitrogen and oxygen atoms in total. The fraction of sp³-hybridized carbons (Fsp3) is 0.389. The van der Waals surface area contributed by atoms with Gasteiger partial charge in [-0.15, -0.1) is 6.58 Å². The van der Waals surface area contributed by atoms with Crippen molar-refractivity contribution in [2.24, 2.45) is 0 Å². The second-order valence-electron chi connectivity index (χ2n) is 12.2. The van der Waals surface area contributed by atoms with Crippen LogP contribution < -0.4 is 14.8 Å². The molecule has 1 unspecified atom stereocenters. The van der Waals surface area contributed by atoms with Crippen LogP contribution in [0.25, 0.3) is 0 Å². The Hall–Kier alpha value is -4.14. The van der Waals surface area contributed by atoms with E-state index in [1.165, 1.54) is 0 Å². The van der Waals surface area contributed by atoms with Gasteiger partial charge in [0.2, 0.25) is 5.91 Å². The largest absolute Gasteiger partial charge is 0.493 e. The number of hydrogen-bond acceptors (Lipinski definition) is 6. The van der Waals surface area contributed by atoms with Crippen molar-refractivity contribution in [3.63, 3.8) is 0 Å². The zero-order chi connectivity index (χ0) is 31.7. The van der Waals surface area contributed by atoms with E-state index in [9.17, 15) is 14.7 Å². The smallest absolute Gasteiger partial charge is 0.323 e. The number of aliphatic carboxylic acids is 1. The number of benzene rings is 3. The Bertz CT molecular complexity index is 1420. The number of para-hydroxylation sites is 2. The summed E-state index contributed by atoms with van der Waals surface area (Å²) in [4.78, 5) is 30.4. The van der Waals surface area contributed by atoms with E-state index in [0.717, 1.165) is 49.4 Å². The van der Waals surface area contributed by atoms with Crippen molar-refractivity contribution >= 4 is 11.9 Å². The minimum Gasteiger partial charge on any atom is -0.493 e. The number of nitrogens with zero attached hydrogens (tertiary/aromatic N) is 2. The molecule has 8 heteroatoms. The number of carbonyl (C=O) groups is 2. The van der Waals surface area contributed by atoms with Crippen LogP contribution in [-0.2, 0) is 21.5 Å². The number of likely N-dealkylation sites (tertiary alicyclic amines) is 1. The number of hydrogen-bond donors (Lipinski definition) is 2. The fourth-order valence-corrected chi connectivity index (χ4v) is 5.64. The first-order valence-corrected chi connectivity index (χ1v) is 15.1. The number of ether oxygens (including phenoxy) is 2. The summed E-state index contributed by atoms with van der Waals surface area (Å²) in [7, 11) is 1.63. The summed E-state index contributed by atoms with van der Waals surface area (Å²) in [6.45, 7) is 12.1. The summed E-state index contributed by atoms with van der Waals surface area (Å²) in [5, 5.41) is 13.3. The van der Waals surface area contributed by atoms with Gasteiger partial charge >= 0.3 is 5.97 Å². The van der Waals surface area contributed by atoms with Crippen molar-refractivity contribution in [1.29, 1.82) is 0 Å². The second-order valence-corrected chi connectivity index (χ2v) is 12.2. The molecule has 0 radical (unpaired) electrons. The first kappa shape index (κ1) is 32.8. The molecule has 0 saturated carbocycles. The highest BCUT2D eigenvalue weighted by Gasteiger charge is 2.43. The molecule has 1 fully saturated rings. The third-order valence-corrected chi connectivity index (χ3v) is 8.61. The van der Waals surface area contributed by atoms with Crippen LogP contribution in [0.1, 0.15) is 44.7 Å². The summed E-state index contributed by atoms with van der Waals surface area (Å²) in [5.41, 5.74) is -0.137. The quantitative estimate of drug-likeness (QED) is 0.224. The Labute approximate surface area is 261 Å². The monoisotopic (exact) mass is 599 g/mol. The van der Waals surface area contributed by atoms with Gasteiger partial charge in [0.15, 0.2) is 11.5 Å². The molecule has 0 aromatic heterocycles. The third-order valence-electron chi connectivity index (χ3n) is 8.61. The van der Waals surface area contributed by atoms with E-state index >= 15 is 0 Å². The highest BCUT2D eigenvalue weighted by atomic mass is 16.5. The number of rotatable bonds is 14. The summed E-state index contributed by atoms with van der Waals surface area (Å²) in [6, 6.07) is 25.3. The van der Waals surface area contributed by atoms with Crippen LogP contribution in [0.5, 0.6) is 17.2 Å². The first-order valence-electron chi connectivity index (χ1n) is 15.1. The van der Waals surface area contributed by atoms with Crippen molar-refractivity contribution in [2.45, 2.75) is 57.2 Å². The van der Waals surface area contributed by atoms with Crippen LogP contribution in [-0.4, -0.2) is 71.7 Å². The lowest BCUT2D eigenvalue weighted by molar-refractivity contribution is -0.150. The molecular formula is C36H45N3O5. The van der Waals surface area contributed by atoms with Gasteiger partial charge in [0.1, 0.15) is 11.3 Å². The second kappa shape index (κ2) is 14.6. The average molecular weight is 600 g/mol. The van der Waals surface area contributed by atoms with Crippen LogP contribution in [0.3, 0.4) is 0 Å². The number of piperidine rings is 1. The first-order chi connectivity index (χ1) is 21.1. The topological polar surface area (TPSA) is 91.3 Å². The summed E-state index contributed by atoms with van der Waals surface area (Å²) < 4.78 is 11.5. The van der Waals surface area contributed by atoms with Crippen molar-refractivity contribution in [2.75, 3.05) is 33.3 Å². The number of carbonyl (C=O) groups excluding carboxylic acids is 1. The molecule has 0 spiro atoms. The lowest BCUT2D eigenvalue weighted by Gasteiger charge is -2.42. The van der Waals surface area contributed by atoms with E-state index in [-0.39, 0.29) is 18.5 Å². The van der Waals surface area contributed by atoms with Crippen molar-refractivity contribution in [1.82, 2.24) is 15.1 Å². The summed E-state index contributed by atoms with van der Waals surface area (Å²) >= 11 is 0. The molecule has 1 heterocycles. The molecule has 44 heavy (non-hydrogen) atoms. The fourth-order valence-electron chi connectivity index (χ4n) is 5.64. The van der Waals surface area contributed by atoms with Gasteiger partial charge in [0, 0.05) is 38.8 Å². The Morgan fingerprint density at radius 2 is 1.66 bits per heavy atom.